The number of hydrogen-bond donors (Lipinski definition) is 2. The standard InChI is InChI=1S/C11H13ClN6O/c1-3-6-8(13)9(18(2)17-6)10(19)15-7-4-5-14-11(12)16-7/h4-5H,3,13H2,1-2H3,(H,14,15,16,19). The van der Waals surface area contributed by atoms with Crippen molar-refractivity contribution < 1.29 is 4.79 Å². The first kappa shape index (κ1) is 13.3. The van der Waals surface area contributed by atoms with Crippen LogP contribution in [0.5, 0.6) is 0 Å². The Labute approximate surface area is 114 Å². The van der Waals surface area contributed by atoms with E-state index >= 15 is 0 Å². The Hall–Kier alpha value is -2.15. The van der Waals surface area contributed by atoms with Gasteiger partial charge in [0.05, 0.1) is 11.4 Å². The number of hydrogen-bond acceptors (Lipinski definition) is 5. The maximum Gasteiger partial charge on any atom is 0.277 e. The van der Waals surface area contributed by atoms with Crippen molar-refractivity contribution in [3.63, 3.8) is 0 Å². The lowest BCUT2D eigenvalue weighted by Gasteiger charge is -2.05. The van der Waals surface area contributed by atoms with E-state index in [0.29, 0.717) is 29.3 Å². The molecule has 7 nitrogen and oxygen atoms in total. The van der Waals surface area contributed by atoms with E-state index in [1.165, 1.54) is 16.9 Å². The summed E-state index contributed by atoms with van der Waals surface area (Å²) in [6.07, 6.45) is 2.11. The molecule has 0 aliphatic heterocycles. The molecule has 3 N–H and O–H groups in total. The maximum absolute atomic E-state index is 12.1. The Morgan fingerprint density at radius 1 is 1.58 bits per heavy atom. The van der Waals surface area contributed by atoms with Crippen molar-refractivity contribution in [1.82, 2.24) is 19.7 Å². The molecule has 0 saturated carbocycles. The Morgan fingerprint density at radius 3 is 2.89 bits per heavy atom. The zero-order valence-corrected chi connectivity index (χ0v) is 11.3. The van der Waals surface area contributed by atoms with Gasteiger partial charge in [0, 0.05) is 13.2 Å². The Kier molecular flexibility index (Phi) is 3.66. The fourth-order valence-electron chi connectivity index (χ4n) is 1.71. The van der Waals surface area contributed by atoms with E-state index in [1.807, 2.05) is 6.92 Å². The molecule has 0 aliphatic rings. The molecule has 0 saturated heterocycles. The van der Waals surface area contributed by atoms with Crippen LogP contribution in [-0.2, 0) is 13.5 Å². The van der Waals surface area contributed by atoms with Gasteiger partial charge in [-0.15, -0.1) is 0 Å². The Balaban J connectivity index is 2.28. The number of amides is 1. The third kappa shape index (κ3) is 2.65. The molecule has 2 aromatic heterocycles. The summed E-state index contributed by atoms with van der Waals surface area (Å²) >= 11 is 5.65. The average molecular weight is 281 g/mol. The van der Waals surface area contributed by atoms with Crippen LogP contribution < -0.4 is 11.1 Å². The van der Waals surface area contributed by atoms with E-state index in [4.69, 9.17) is 17.3 Å². The number of halogens is 1. The van der Waals surface area contributed by atoms with E-state index in [-0.39, 0.29) is 11.2 Å². The fourth-order valence-corrected chi connectivity index (χ4v) is 1.85. The van der Waals surface area contributed by atoms with Crippen molar-refractivity contribution in [2.75, 3.05) is 11.1 Å². The van der Waals surface area contributed by atoms with Crippen molar-refractivity contribution in [3.8, 4) is 0 Å². The topological polar surface area (TPSA) is 98.7 Å². The molecule has 2 rings (SSSR count). The van der Waals surface area contributed by atoms with E-state index in [9.17, 15) is 4.79 Å². The minimum Gasteiger partial charge on any atom is -0.395 e. The van der Waals surface area contributed by atoms with Crippen LogP contribution in [0.4, 0.5) is 11.5 Å². The fraction of sp³-hybridized carbons (Fsp3) is 0.273. The molecule has 0 atom stereocenters. The minimum absolute atomic E-state index is 0.0602. The third-order valence-corrected chi connectivity index (χ3v) is 2.76. The van der Waals surface area contributed by atoms with E-state index < -0.39 is 0 Å². The van der Waals surface area contributed by atoms with Gasteiger partial charge in [-0.2, -0.15) is 5.10 Å². The quantitative estimate of drug-likeness (QED) is 0.825. The summed E-state index contributed by atoms with van der Waals surface area (Å²) in [5.41, 5.74) is 7.26. The summed E-state index contributed by atoms with van der Waals surface area (Å²) in [4.78, 5) is 19.8. The number of nitrogens with zero attached hydrogens (tertiary/aromatic N) is 4. The van der Waals surface area contributed by atoms with Gasteiger partial charge in [-0.3, -0.25) is 9.48 Å². The molecule has 0 unspecified atom stereocenters. The highest BCUT2D eigenvalue weighted by molar-refractivity contribution is 6.28. The number of rotatable bonds is 3. The number of nitrogens with one attached hydrogen (secondary N) is 1. The molecule has 0 fully saturated rings. The van der Waals surface area contributed by atoms with E-state index in [1.54, 1.807) is 7.05 Å². The molecule has 0 spiro atoms. The van der Waals surface area contributed by atoms with E-state index in [0.717, 1.165) is 0 Å². The molecule has 2 heterocycles. The highest BCUT2D eigenvalue weighted by Crippen LogP contribution is 2.18. The van der Waals surface area contributed by atoms with Gasteiger partial charge in [0.2, 0.25) is 5.28 Å². The number of carbonyl (C=O) groups excluding carboxylic acids is 1. The molecule has 0 aromatic carbocycles. The SMILES string of the molecule is CCc1nn(C)c(C(=O)Nc2ccnc(Cl)n2)c1N. The molecule has 100 valence electrons. The number of anilines is 2. The predicted molar refractivity (Wildman–Crippen MR) is 72.0 cm³/mol. The van der Waals surface area contributed by atoms with Crippen LogP contribution >= 0.6 is 11.6 Å². The van der Waals surface area contributed by atoms with E-state index in [2.05, 4.69) is 20.4 Å². The van der Waals surface area contributed by atoms with Crippen LogP contribution in [0.15, 0.2) is 12.3 Å². The van der Waals surface area contributed by atoms with Gasteiger partial charge in [-0.1, -0.05) is 6.92 Å². The second-order valence-corrected chi connectivity index (χ2v) is 4.19. The molecule has 1 amide bonds. The Bertz CT molecular complexity index is 624. The van der Waals surface area contributed by atoms with Crippen molar-refractivity contribution in [3.05, 3.63) is 28.9 Å². The zero-order valence-electron chi connectivity index (χ0n) is 10.5. The summed E-state index contributed by atoms with van der Waals surface area (Å²) in [6.45, 7) is 1.92. The van der Waals surface area contributed by atoms with Gasteiger partial charge in [0.1, 0.15) is 11.5 Å². The molecule has 0 radical (unpaired) electrons. The number of nitrogen functional groups attached to an aromatic ring is 1. The van der Waals surface area contributed by atoms with Crippen molar-refractivity contribution in [1.29, 1.82) is 0 Å². The summed E-state index contributed by atoms with van der Waals surface area (Å²) < 4.78 is 1.45. The summed E-state index contributed by atoms with van der Waals surface area (Å²) in [7, 11) is 1.66. The smallest absolute Gasteiger partial charge is 0.277 e. The molecule has 8 heteroatoms. The molecule has 0 bridgehead atoms. The molecule has 2 aromatic rings. The normalized spacial score (nSPS) is 10.5. The number of carbonyl (C=O) groups is 1. The monoisotopic (exact) mass is 280 g/mol. The zero-order chi connectivity index (χ0) is 14.0. The molecule has 0 aliphatic carbocycles. The third-order valence-electron chi connectivity index (χ3n) is 2.58. The second kappa shape index (κ2) is 5.23. The van der Waals surface area contributed by atoms with Crippen LogP contribution in [0.2, 0.25) is 5.28 Å². The lowest BCUT2D eigenvalue weighted by molar-refractivity contribution is 0.101. The highest BCUT2D eigenvalue weighted by Gasteiger charge is 2.19. The lowest BCUT2D eigenvalue weighted by Crippen LogP contribution is -2.18. The van der Waals surface area contributed by atoms with Crippen molar-refractivity contribution in [2.45, 2.75) is 13.3 Å². The van der Waals surface area contributed by atoms with Crippen LogP contribution in [0, 0.1) is 0 Å². The second-order valence-electron chi connectivity index (χ2n) is 3.85. The van der Waals surface area contributed by atoms with Gasteiger partial charge < -0.3 is 11.1 Å². The van der Waals surface area contributed by atoms with Gasteiger partial charge >= 0.3 is 0 Å². The van der Waals surface area contributed by atoms with Crippen LogP contribution in [0.25, 0.3) is 0 Å². The molecule has 19 heavy (non-hydrogen) atoms. The Morgan fingerprint density at radius 2 is 2.32 bits per heavy atom. The van der Waals surface area contributed by atoms with Crippen LogP contribution in [0.1, 0.15) is 23.1 Å². The van der Waals surface area contributed by atoms with Gasteiger partial charge in [-0.25, -0.2) is 9.97 Å². The summed E-state index contributed by atoms with van der Waals surface area (Å²) in [6, 6.07) is 1.54. The molecular weight excluding hydrogens is 268 g/mol. The van der Waals surface area contributed by atoms with Crippen LogP contribution in [-0.4, -0.2) is 25.7 Å². The first-order valence-electron chi connectivity index (χ1n) is 5.64. The van der Waals surface area contributed by atoms with Crippen LogP contribution in [0.3, 0.4) is 0 Å². The van der Waals surface area contributed by atoms with Gasteiger partial charge in [0.25, 0.3) is 5.91 Å². The maximum atomic E-state index is 12.1. The average Bonchev–Trinajstić information content (AvgIpc) is 2.64. The number of aromatic nitrogens is 4. The minimum atomic E-state index is -0.387. The van der Waals surface area contributed by atoms with Crippen molar-refractivity contribution in [2.24, 2.45) is 7.05 Å². The number of aryl methyl sites for hydroxylation is 2. The first-order valence-corrected chi connectivity index (χ1v) is 6.02. The first-order chi connectivity index (χ1) is 9.02. The number of nitrogens with two attached hydrogens (primary N) is 1. The van der Waals surface area contributed by atoms with Gasteiger partial charge in [0.15, 0.2) is 0 Å². The summed E-state index contributed by atoms with van der Waals surface area (Å²) in [5.74, 6) is -0.0781. The van der Waals surface area contributed by atoms with Gasteiger partial charge in [-0.05, 0) is 24.1 Å². The summed E-state index contributed by atoms with van der Waals surface area (Å²) in [5, 5.41) is 6.84. The predicted octanol–water partition coefficient (Wildman–Crippen LogP) is 1.26. The lowest BCUT2D eigenvalue weighted by atomic mass is 10.2. The largest absolute Gasteiger partial charge is 0.395 e. The highest BCUT2D eigenvalue weighted by atomic mass is 35.5. The van der Waals surface area contributed by atoms with Crippen molar-refractivity contribution >= 4 is 29.0 Å². The molecular formula is C11H13ClN6O.